The molecule has 0 saturated heterocycles. The Bertz CT molecular complexity index is 3490. The number of fused-ring (bicyclic) bond motifs is 6. The summed E-state index contributed by atoms with van der Waals surface area (Å²) in [5.41, 5.74) is 12.3. The zero-order valence-electron chi connectivity index (χ0n) is 35.0. The van der Waals surface area contributed by atoms with Crippen molar-refractivity contribution in [1.82, 2.24) is 19.1 Å². The first kappa shape index (κ1) is 27.1. The molecule has 3 aromatic heterocycles. The lowest BCUT2D eigenvalue weighted by Gasteiger charge is -2.09. The molecule has 0 amide bonds. The van der Waals surface area contributed by atoms with Crippen molar-refractivity contribution in [3.05, 3.63) is 206 Å². The molecule has 0 radical (unpaired) electrons. The van der Waals surface area contributed by atoms with Gasteiger partial charge in [0.1, 0.15) is 0 Å². The molecule has 4 nitrogen and oxygen atoms in total. The van der Waals surface area contributed by atoms with Gasteiger partial charge in [-0.2, -0.15) is 0 Å². The van der Waals surface area contributed by atoms with E-state index in [4.69, 9.17) is 16.8 Å². The molecule has 11 aromatic rings. The molecule has 0 unspecified atom stereocenters. The van der Waals surface area contributed by atoms with Crippen LogP contribution < -0.4 is 0 Å². The fraction of sp³-hybridized carbons (Fsp3) is 0. The minimum absolute atomic E-state index is 0.133. The van der Waals surface area contributed by atoms with Crippen LogP contribution in [0.4, 0.5) is 0 Å². The third-order valence-corrected chi connectivity index (χ3v) is 10.7. The standard InChI is InChI=1S/C52H34N4/c1-3-12-35(13-4-1)38-14-11-15-39(30-38)36-22-24-37(25-23-36)42-33-53-52(54-34-42)56-49-21-10-8-19-45(49)47-32-41(27-29-51(47)56)40-26-28-50-46(31-40)44-18-7-9-20-48(44)55(50)43-16-5-2-6-17-43/h1-34H/i2D,5D,6D,16D,17D. The first-order valence-corrected chi connectivity index (χ1v) is 18.6. The molecule has 262 valence electrons. The molecular formula is C52H34N4. The van der Waals surface area contributed by atoms with Crippen molar-refractivity contribution >= 4 is 43.6 Å². The number of hydrogen-bond acceptors (Lipinski definition) is 2. The summed E-state index contributed by atoms with van der Waals surface area (Å²) in [4.78, 5) is 9.82. The van der Waals surface area contributed by atoms with Crippen LogP contribution in [0, 0.1) is 0 Å². The summed E-state index contributed by atoms with van der Waals surface area (Å²) >= 11 is 0. The van der Waals surface area contributed by atoms with Gasteiger partial charge in [-0.05, 0) is 93.5 Å². The van der Waals surface area contributed by atoms with Crippen LogP contribution >= 0.6 is 0 Å². The van der Waals surface area contributed by atoms with Gasteiger partial charge >= 0.3 is 0 Å². The van der Waals surface area contributed by atoms with E-state index in [0.29, 0.717) is 5.95 Å². The van der Waals surface area contributed by atoms with Crippen molar-refractivity contribution in [2.24, 2.45) is 0 Å². The van der Waals surface area contributed by atoms with E-state index in [1.807, 2.05) is 67.0 Å². The largest absolute Gasteiger partial charge is 0.309 e. The quantitative estimate of drug-likeness (QED) is 0.171. The first-order chi connectivity index (χ1) is 29.8. The van der Waals surface area contributed by atoms with Gasteiger partial charge in [0.25, 0.3) is 0 Å². The first-order valence-electron chi connectivity index (χ1n) is 21.1. The molecule has 3 heterocycles. The van der Waals surface area contributed by atoms with Gasteiger partial charge in [0.2, 0.25) is 5.95 Å². The fourth-order valence-corrected chi connectivity index (χ4v) is 8.07. The molecule has 0 N–H and O–H groups in total. The van der Waals surface area contributed by atoms with Crippen LogP contribution in [0.25, 0.3) is 99.8 Å². The summed E-state index contributed by atoms with van der Waals surface area (Å²) in [6.07, 6.45) is 3.77. The number of hydrogen-bond donors (Lipinski definition) is 0. The molecule has 0 fully saturated rings. The van der Waals surface area contributed by atoms with Crippen molar-refractivity contribution in [3.63, 3.8) is 0 Å². The molecule has 0 atom stereocenters. The van der Waals surface area contributed by atoms with Gasteiger partial charge in [-0.15, -0.1) is 0 Å². The zero-order valence-corrected chi connectivity index (χ0v) is 30.0. The summed E-state index contributed by atoms with van der Waals surface area (Å²) in [6.45, 7) is 0. The van der Waals surface area contributed by atoms with Gasteiger partial charge in [0, 0.05) is 45.2 Å². The van der Waals surface area contributed by atoms with E-state index < -0.39 is 6.04 Å². The summed E-state index contributed by atoms with van der Waals surface area (Å²) < 4.78 is 46.3. The Kier molecular flexibility index (Phi) is 6.33. The molecule has 0 spiro atoms. The molecule has 0 aliphatic rings. The molecule has 4 heteroatoms. The number of nitrogens with zero attached hydrogens (tertiary/aromatic N) is 4. The maximum atomic E-state index is 8.75. The second-order valence-electron chi connectivity index (χ2n) is 13.9. The van der Waals surface area contributed by atoms with Crippen LogP contribution in [0.2, 0.25) is 0 Å². The van der Waals surface area contributed by atoms with Crippen LogP contribution in [0.3, 0.4) is 0 Å². The van der Waals surface area contributed by atoms with E-state index in [1.165, 1.54) is 11.1 Å². The highest BCUT2D eigenvalue weighted by atomic mass is 15.1. The lowest BCUT2D eigenvalue weighted by atomic mass is 9.98. The number of rotatable bonds is 6. The van der Waals surface area contributed by atoms with E-state index >= 15 is 0 Å². The minimum atomic E-state index is -0.412. The molecule has 8 aromatic carbocycles. The van der Waals surface area contributed by atoms with Gasteiger partial charge in [-0.3, -0.25) is 4.57 Å². The Morgan fingerprint density at radius 3 is 1.41 bits per heavy atom. The van der Waals surface area contributed by atoms with Gasteiger partial charge < -0.3 is 4.57 Å². The third kappa shape index (κ3) is 5.31. The van der Waals surface area contributed by atoms with Crippen molar-refractivity contribution in [2.45, 2.75) is 0 Å². The predicted octanol–water partition coefficient (Wildman–Crippen LogP) is 13.3. The monoisotopic (exact) mass is 719 g/mol. The molecule has 11 rings (SSSR count). The second-order valence-corrected chi connectivity index (χ2v) is 13.9. The average molecular weight is 720 g/mol. The van der Waals surface area contributed by atoms with Gasteiger partial charge in [0.05, 0.1) is 28.9 Å². The normalized spacial score (nSPS) is 12.8. The van der Waals surface area contributed by atoms with E-state index in [1.54, 1.807) is 4.57 Å². The smallest absolute Gasteiger partial charge is 0.234 e. The topological polar surface area (TPSA) is 35.6 Å². The van der Waals surface area contributed by atoms with E-state index in [9.17, 15) is 0 Å². The van der Waals surface area contributed by atoms with Crippen molar-refractivity contribution < 1.29 is 6.85 Å². The molecule has 0 aliphatic heterocycles. The highest BCUT2D eigenvalue weighted by Gasteiger charge is 2.17. The van der Waals surface area contributed by atoms with Crippen LogP contribution in [-0.4, -0.2) is 19.1 Å². The lowest BCUT2D eigenvalue weighted by Crippen LogP contribution is -2.00. The maximum absolute atomic E-state index is 8.75. The summed E-state index contributed by atoms with van der Waals surface area (Å²) in [5.74, 6) is 0.582. The molecule has 0 aliphatic carbocycles. The Morgan fingerprint density at radius 1 is 0.339 bits per heavy atom. The molecule has 0 bridgehead atoms. The van der Waals surface area contributed by atoms with Gasteiger partial charge in [-0.25, -0.2) is 9.97 Å². The van der Waals surface area contributed by atoms with E-state index in [0.717, 1.165) is 77.0 Å². The molecule has 56 heavy (non-hydrogen) atoms. The summed E-state index contributed by atoms with van der Waals surface area (Å²) in [5, 5.41) is 3.99. The fourth-order valence-electron chi connectivity index (χ4n) is 8.07. The highest BCUT2D eigenvalue weighted by Crippen LogP contribution is 2.38. The van der Waals surface area contributed by atoms with Crippen molar-refractivity contribution in [2.75, 3.05) is 0 Å². The number of para-hydroxylation sites is 3. The Balaban J connectivity index is 0.951. The lowest BCUT2D eigenvalue weighted by molar-refractivity contribution is 0.990. The van der Waals surface area contributed by atoms with Crippen LogP contribution in [0.15, 0.2) is 206 Å². The molecule has 0 saturated carbocycles. The Labute approximate surface area is 331 Å². The SMILES string of the molecule is [2H]c1c([2H])c([2H])c(-n2c3ccccc3c3cc(-c4ccc5c(c4)c4ccccc4n5-c4ncc(-c5ccc(-c6cccc(-c7ccccc7)c6)cc5)cn4)ccc32)c([2H])c1[2H]. The van der Waals surface area contributed by atoms with E-state index in [-0.39, 0.29) is 29.9 Å². The average Bonchev–Trinajstić information content (AvgIpc) is 3.83. The number of aromatic nitrogens is 4. The van der Waals surface area contributed by atoms with Crippen LogP contribution in [-0.2, 0) is 0 Å². The maximum Gasteiger partial charge on any atom is 0.234 e. The third-order valence-electron chi connectivity index (χ3n) is 10.7. The highest BCUT2D eigenvalue weighted by molar-refractivity contribution is 6.12. The zero-order chi connectivity index (χ0) is 41.4. The summed E-state index contributed by atoms with van der Waals surface area (Å²) in [7, 11) is 0. The van der Waals surface area contributed by atoms with E-state index in [2.05, 4.69) is 114 Å². The van der Waals surface area contributed by atoms with Crippen LogP contribution in [0.1, 0.15) is 6.85 Å². The van der Waals surface area contributed by atoms with Crippen molar-refractivity contribution in [3.8, 4) is 56.1 Å². The number of benzene rings is 8. The minimum Gasteiger partial charge on any atom is -0.309 e. The van der Waals surface area contributed by atoms with Gasteiger partial charge in [-0.1, -0.05) is 139 Å². The Morgan fingerprint density at radius 2 is 0.786 bits per heavy atom. The van der Waals surface area contributed by atoms with Gasteiger partial charge in [0.15, 0.2) is 0 Å². The van der Waals surface area contributed by atoms with Crippen molar-refractivity contribution in [1.29, 1.82) is 0 Å². The van der Waals surface area contributed by atoms with Crippen LogP contribution in [0.5, 0.6) is 0 Å². The Hall–Kier alpha value is -7.56. The second kappa shape index (κ2) is 13.1. The summed E-state index contributed by atoms with van der Waals surface area (Å²) in [6, 6.07) is 54.6. The predicted molar refractivity (Wildman–Crippen MR) is 232 cm³/mol. The molecular weight excluding hydrogens is 681 g/mol.